The van der Waals surface area contributed by atoms with Crippen molar-refractivity contribution in [1.29, 1.82) is 0 Å². The first-order valence-electron chi connectivity index (χ1n) is 8.95. The number of amides is 1. The van der Waals surface area contributed by atoms with Crippen molar-refractivity contribution >= 4 is 17.8 Å². The van der Waals surface area contributed by atoms with Gasteiger partial charge in [-0.15, -0.1) is 0 Å². The van der Waals surface area contributed by atoms with E-state index in [1.807, 2.05) is 23.6 Å². The van der Waals surface area contributed by atoms with E-state index in [1.165, 1.54) is 12.1 Å². The van der Waals surface area contributed by atoms with E-state index in [2.05, 4.69) is 0 Å². The minimum absolute atomic E-state index is 0.0280. The van der Waals surface area contributed by atoms with Gasteiger partial charge in [-0.25, -0.2) is 4.79 Å². The van der Waals surface area contributed by atoms with E-state index >= 15 is 0 Å². The van der Waals surface area contributed by atoms with E-state index in [9.17, 15) is 14.4 Å². The SMILES string of the molecule is Cc1cc(C(N)=O)ccc1-n1c(CCC(=O)O)ccc1-c1ccc(C(=O)O)cc1. The average molecular weight is 392 g/mol. The number of aliphatic carboxylic acids is 1. The number of carboxylic acid groups (broad SMARTS) is 2. The molecule has 0 atom stereocenters. The maximum absolute atomic E-state index is 11.5. The van der Waals surface area contributed by atoms with Gasteiger partial charge in [0.2, 0.25) is 5.91 Å². The summed E-state index contributed by atoms with van der Waals surface area (Å²) in [4.78, 5) is 33.7. The Morgan fingerprint density at radius 2 is 1.59 bits per heavy atom. The van der Waals surface area contributed by atoms with Crippen LogP contribution in [0.15, 0.2) is 54.6 Å². The summed E-state index contributed by atoms with van der Waals surface area (Å²) in [7, 11) is 0. The van der Waals surface area contributed by atoms with Crippen LogP contribution in [-0.2, 0) is 11.2 Å². The third kappa shape index (κ3) is 4.19. The van der Waals surface area contributed by atoms with Crippen molar-refractivity contribution in [3.8, 4) is 16.9 Å². The molecule has 7 nitrogen and oxygen atoms in total. The van der Waals surface area contributed by atoms with E-state index in [-0.39, 0.29) is 12.0 Å². The van der Waals surface area contributed by atoms with E-state index in [4.69, 9.17) is 15.9 Å². The third-order valence-electron chi connectivity index (χ3n) is 4.71. The molecule has 1 aromatic heterocycles. The quantitative estimate of drug-likeness (QED) is 0.569. The Morgan fingerprint density at radius 1 is 0.931 bits per heavy atom. The summed E-state index contributed by atoms with van der Waals surface area (Å²) in [5.74, 6) is -2.43. The number of primary amides is 1. The first-order valence-corrected chi connectivity index (χ1v) is 8.95. The number of aryl methyl sites for hydroxylation is 2. The monoisotopic (exact) mass is 392 g/mol. The zero-order valence-electron chi connectivity index (χ0n) is 15.8. The molecule has 2 aromatic carbocycles. The van der Waals surface area contributed by atoms with Gasteiger partial charge >= 0.3 is 11.9 Å². The minimum atomic E-state index is -1.01. The van der Waals surface area contributed by atoms with Crippen LogP contribution in [0.5, 0.6) is 0 Å². The number of carbonyl (C=O) groups excluding carboxylic acids is 1. The maximum Gasteiger partial charge on any atom is 0.335 e. The van der Waals surface area contributed by atoms with Crippen LogP contribution in [0, 0.1) is 6.92 Å². The van der Waals surface area contributed by atoms with Crippen LogP contribution in [0.25, 0.3) is 16.9 Å². The van der Waals surface area contributed by atoms with Crippen LogP contribution >= 0.6 is 0 Å². The van der Waals surface area contributed by atoms with Crippen LogP contribution in [0.3, 0.4) is 0 Å². The largest absolute Gasteiger partial charge is 0.481 e. The second-order valence-corrected chi connectivity index (χ2v) is 6.69. The minimum Gasteiger partial charge on any atom is -0.481 e. The molecular formula is C22H20N2O5. The van der Waals surface area contributed by atoms with Crippen molar-refractivity contribution < 1.29 is 24.6 Å². The highest BCUT2D eigenvalue weighted by molar-refractivity contribution is 5.93. The molecule has 1 heterocycles. The molecule has 7 heteroatoms. The molecule has 0 aliphatic carbocycles. The molecule has 0 unspecified atom stereocenters. The van der Waals surface area contributed by atoms with Gasteiger partial charge in [0.25, 0.3) is 0 Å². The maximum atomic E-state index is 11.5. The average Bonchev–Trinajstić information content (AvgIpc) is 3.09. The number of aromatic carboxylic acids is 1. The summed E-state index contributed by atoms with van der Waals surface area (Å²) in [5.41, 5.74) is 9.89. The fourth-order valence-corrected chi connectivity index (χ4v) is 3.26. The second-order valence-electron chi connectivity index (χ2n) is 6.69. The van der Waals surface area contributed by atoms with Gasteiger partial charge in [0.15, 0.2) is 0 Å². The zero-order valence-corrected chi connectivity index (χ0v) is 15.8. The number of hydrogen-bond acceptors (Lipinski definition) is 3. The number of nitrogens with zero attached hydrogens (tertiary/aromatic N) is 1. The summed E-state index contributed by atoms with van der Waals surface area (Å²) in [5, 5.41) is 18.2. The van der Waals surface area contributed by atoms with Gasteiger partial charge < -0.3 is 20.5 Å². The van der Waals surface area contributed by atoms with Crippen molar-refractivity contribution in [2.75, 3.05) is 0 Å². The number of carboxylic acids is 2. The number of rotatable bonds is 7. The fourth-order valence-electron chi connectivity index (χ4n) is 3.26. The third-order valence-corrected chi connectivity index (χ3v) is 4.71. The van der Waals surface area contributed by atoms with Crippen molar-refractivity contribution in [2.24, 2.45) is 5.73 Å². The highest BCUT2D eigenvalue weighted by Crippen LogP contribution is 2.30. The number of aromatic nitrogens is 1. The topological polar surface area (TPSA) is 123 Å². The Bertz CT molecular complexity index is 1100. The standard InChI is InChI=1S/C22H20N2O5/c1-13-12-16(21(23)27)6-9-18(13)24-17(8-11-20(25)26)7-10-19(24)14-2-4-15(5-3-14)22(28)29/h2-7,9-10,12H,8,11H2,1H3,(H2,23,27)(H,25,26)(H,28,29). The Hall–Kier alpha value is -3.87. The van der Waals surface area contributed by atoms with Crippen molar-refractivity contribution in [3.05, 3.63) is 77.0 Å². The summed E-state index contributed by atoms with van der Waals surface area (Å²) < 4.78 is 1.93. The number of carbonyl (C=O) groups is 3. The van der Waals surface area contributed by atoms with Gasteiger partial charge in [-0.05, 0) is 66.9 Å². The molecule has 4 N–H and O–H groups in total. The Balaban J connectivity index is 2.14. The highest BCUT2D eigenvalue weighted by atomic mass is 16.4. The summed E-state index contributed by atoms with van der Waals surface area (Å²) in [6.07, 6.45) is 0.291. The van der Waals surface area contributed by atoms with Crippen LogP contribution in [0.1, 0.15) is 38.4 Å². The predicted octanol–water partition coefficient (Wildman–Crippen LogP) is 3.27. The normalized spacial score (nSPS) is 10.7. The first kappa shape index (κ1) is 19.9. The molecule has 0 saturated heterocycles. The second kappa shape index (κ2) is 8.02. The fraction of sp³-hybridized carbons (Fsp3) is 0.136. The molecule has 29 heavy (non-hydrogen) atoms. The smallest absolute Gasteiger partial charge is 0.335 e. The summed E-state index contributed by atoms with van der Waals surface area (Å²) in [6.45, 7) is 1.85. The molecule has 0 saturated carbocycles. The van der Waals surface area contributed by atoms with Crippen molar-refractivity contribution in [1.82, 2.24) is 4.57 Å². The molecular weight excluding hydrogens is 372 g/mol. The van der Waals surface area contributed by atoms with Gasteiger partial charge in [-0.3, -0.25) is 9.59 Å². The van der Waals surface area contributed by atoms with E-state index in [1.54, 1.807) is 30.3 Å². The van der Waals surface area contributed by atoms with Crippen LogP contribution < -0.4 is 5.73 Å². The Morgan fingerprint density at radius 3 is 2.14 bits per heavy atom. The Kier molecular flexibility index (Phi) is 5.50. The van der Waals surface area contributed by atoms with E-state index < -0.39 is 17.8 Å². The molecule has 148 valence electrons. The van der Waals surface area contributed by atoms with Crippen LogP contribution in [0.2, 0.25) is 0 Å². The molecule has 0 bridgehead atoms. The van der Waals surface area contributed by atoms with Crippen LogP contribution in [0.4, 0.5) is 0 Å². The lowest BCUT2D eigenvalue weighted by atomic mass is 10.1. The van der Waals surface area contributed by atoms with Gasteiger partial charge in [0.05, 0.1) is 17.7 Å². The highest BCUT2D eigenvalue weighted by Gasteiger charge is 2.16. The molecule has 3 aromatic rings. The zero-order chi connectivity index (χ0) is 21.1. The van der Waals surface area contributed by atoms with Crippen LogP contribution in [-0.4, -0.2) is 32.6 Å². The van der Waals surface area contributed by atoms with Gasteiger partial charge in [0.1, 0.15) is 0 Å². The number of benzene rings is 2. The lowest BCUT2D eigenvalue weighted by Gasteiger charge is -2.17. The summed E-state index contributed by atoms with van der Waals surface area (Å²) in [6, 6.07) is 15.3. The van der Waals surface area contributed by atoms with E-state index in [0.29, 0.717) is 12.0 Å². The van der Waals surface area contributed by atoms with E-state index in [0.717, 1.165) is 28.2 Å². The van der Waals surface area contributed by atoms with Crippen molar-refractivity contribution in [2.45, 2.75) is 19.8 Å². The summed E-state index contributed by atoms with van der Waals surface area (Å²) >= 11 is 0. The van der Waals surface area contributed by atoms with Gasteiger partial charge in [-0.2, -0.15) is 0 Å². The van der Waals surface area contributed by atoms with Gasteiger partial charge in [-0.1, -0.05) is 12.1 Å². The molecule has 3 rings (SSSR count). The lowest BCUT2D eigenvalue weighted by molar-refractivity contribution is -0.137. The molecule has 0 fully saturated rings. The lowest BCUT2D eigenvalue weighted by Crippen LogP contribution is -2.12. The Labute approximate surface area is 167 Å². The molecule has 0 aliphatic heterocycles. The number of nitrogens with two attached hydrogens (primary N) is 1. The molecule has 1 amide bonds. The molecule has 0 aliphatic rings. The number of hydrogen-bond donors (Lipinski definition) is 3. The molecule has 0 spiro atoms. The van der Waals surface area contributed by atoms with Gasteiger partial charge in [0, 0.05) is 16.9 Å². The molecule has 0 radical (unpaired) electrons. The first-order chi connectivity index (χ1) is 13.8. The predicted molar refractivity (Wildman–Crippen MR) is 107 cm³/mol. The van der Waals surface area contributed by atoms with Crippen molar-refractivity contribution in [3.63, 3.8) is 0 Å².